The van der Waals surface area contributed by atoms with Crippen LogP contribution < -0.4 is 10.6 Å². The number of rotatable bonds is 13. The second-order valence-corrected chi connectivity index (χ2v) is 8.39. The van der Waals surface area contributed by atoms with Gasteiger partial charge >= 0.3 is 0 Å². The van der Waals surface area contributed by atoms with Crippen molar-refractivity contribution in [3.05, 3.63) is 48.5 Å². The molecule has 3 heterocycles. The molecule has 0 bridgehead atoms. The zero-order valence-electron chi connectivity index (χ0n) is 19.2. The molecule has 1 aromatic carbocycles. The van der Waals surface area contributed by atoms with E-state index in [1.54, 1.807) is 36.9 Å². The molecule has 0 aliphatic heterocycles. The van der Waals surface area contributed by atoms with Crippen molar-refractivity contribution in [1.29, 1.82) is 0 Å². The minimum absolute atomic E-state index is 0.0154. The maximum absolute atomic E-state index is 12.7. The Hall–Kier alpha value is -3.61. The summed E-state index contributed by atoms with van der Waals surface area (Å²) in [5.74, 6) is 0.326. The number of amides is 2. The fourth-order valence-corrected chi connectivity index (χ4v) is 3.91. The topological polar surface area (TPSA) is 133 Å². The SMILES string of the molecule is CCC(=O)NCCOCCOCCn1cnc2cc(C(=O)Nc3nnc(-c4ccco4)s3)ccc21. The fraction of sp³-hybridized carbons (Fsp3) is 0.348. The number of ether oxygens (including phenoxy) is 2. The van der Waals surface area contributed by atoms with Gasteiger partial charge in [0.2, 0.25) is 11.0 Å². The van der Waals surface area contributed by atoms with Crippen molar-refractivity contribution in [2.75, 3.05) is 38.3 Å². The molecule has 0 unspecified atom stereocenters. The highest BCUT2D eigenvalue weighted by molar-refractivity contribution is 7.18. The monoisotopic (exact) mass is 498 g/mol. The molecule has 2 amide bonds. The van der Waals surface area contributed by atoms with E-state index in [9.17, 15) is 9.59 Å². The molecule has 0 radical (unpaired) electrons. The van der Waals surface area contributed by atoms with Crippen LogP contribution in [-0.2, 0) is 20.8 Å². The van der Waals surface area contributed by atoms with Crippen LogP contribution in [0.25, 0.3) is 21.8 Å². The number of anilines is 1. The van der Waals surface area contributed by atoms with Gasteiger partial charge in [-0.2, -0.15) is 0 Å². The van der Waals surface area contributed by atoms with E-state index in [2.05, 4.69) is 25.8 Å². The molecule has 0 saturated carbocycles. The Morgan fingerprint density at radius 3 is 2.77 bits per heavy atom. The smallest absolute Gasteiger partial charge is 0.257 e. The van der Waals surface area contributed by atoms with Gasteiger partial charge in [0, 0.05) is 25.1 Å². The molecule has 4 aromatic rings. The van der Waals surface area contributed by atoms with E-state index in [0.29, 0.717) is 72.9 Å². The number of aromatic nitrogens is 4. The molecule has 2 N–H and O–H groups in total. The van der Waals surface area contributed by atoms with Crippen molar-refractivity contribution in [3.8, 4) is 10.8 Å². The molecule has 4 rings (SSSR count). The standard InChI is InChI=1S/C23H26N6O5S/c1-2-20(30)24-7-10-32-12-13-33-11-8-29-15-25-17-14-16(5-6-18(17)29)21(31)26-23-28-27-22(35-23)19-4-3-9-34-19/h3-6,9,14-15H,2,7-8,10-13H2,1H3,(H,24,30)(H,26,28,31). The molecule has 0 fully saturated rings. The molecule has 0 atom stereocenters. The molecule has 0 spiro atoms. The first kappa shape index (κ1) is 24.5. The highest BCUT2D eigenvalue weighted by Gasteiger charge is 2.14. The van der Waals surface area contributed by atoms with Crippen LogP contribution in [-0.4, -0.2) is 64.5 Å². The zero-order chi connectivity index (χ0) is 24.5. The highest BCUT2D eigenvalue weighted by atomic mass is 32.1. The summed E-state index contributed by atoms with van der Waals surface area (Å²) in [6, 6.07) is 8.90. The van der Waals surface area contributed by atoms with Gasteiger partial charge in [-0.3, -0.25) is 14.9 Å². The van der Waals surface area contributed by atoms with Gasteiger partial charge in [-0.15, -0.1) is 10.2 Å². The van der Waals surface area contributed by atoms with Gasteiger partial charge in [-0.05, 0) is 30.3 Å². The minimum Gasteiger partial charge on any atom is -0.462 e. The van der Waals surface area contributed by atoms with Crippen LogP contribution in [0.3, 0.4) is 0 Å². The number of carbonyl (C=O) groups is 2. The highest BCUT2D eigenvalue weighted by Crippen LogP contribution is 2.27. The van der Waals surface area contributed by atoms with Crippen molar-refractivity contribution in [2.45, 2.75) is 19.9 Å². The van der Waals surface area contributed by atoms with Crippen molar-refractivity contribution in [3.63, 3.8) is 0 Å². The van der Waals surface area contributed by atoms with E-state index in [0.717, 1.165) is 5.52 Å². The van der Waals surface area contributed by atoms with Crippen molar-refractivity contribution in [2.24, 2.45) is 0 Å². The van der Waals surface area contributed by atoms with E-state index in [-0.39, 0.29) is 11.8 Å². The molecule has 184 valence electrons. The number of nitrogens with zero attached hydrogens (tertiary/aromatic N) is 4. The fourth-order valence-electron chi connectivity index (χ4n) is 3.20. The minimum atomic E-state index is -0.291. The number of hydrogen-bond acceptors (Lipinski definition) is 9. The summed E-state index contributed by atoms with van der Waals surface area (Å²) in [7, 11) is 0. The number of fused-ring (bicyclic) bond motifs is 1. The van der Waals surface area contributed by atoms with Crippen molar-refractivity contribution < 1.29 is 23.5 Å². The predicted octanol–water partition coefficient (Wildman–Crippen LogP) is 2.96. The van der Waals surface area contributed by atoms with Crippen LogP contribution in [0.4, 0.5) is 5.13 Å². The van der Waals surface area contributed by atoms with Gasteiger partial charge in [-0.1, -0.05) is 18.3 Å². The summed E-state index contributed by atoms with van der Waals surface area (Å²) in [5.41, 5.74) is 2.09. The van der Waals surface area contributed by atoms with Crippen LogP contribution >= 0.6 is 11.3 Å². The van der Waals surface area contributed by atoms with E-state index >= 15 is 0 Å². The summed E-state index contributed by atoms with van der Waals surface area (Å²) in [5, 5.41) is 14.5. The van der Waals surface area contributed by atoms with Crippen molar-refractivity contribution in [1.82, 2.24) is 25.1 Å². The summed E-state index contributed by atoms with van der Waals surface area (Å²) in [6.07, 6.45) is 3.75. The third-order valence-electron chi connectivity index (χ3n) is 5.00. The predicted molar refractivity (Wildman–Crippen MR) is 130 cm³/mol. The summed E-state index contributed by atoms with van der Waals surface area (Å²) < 4.78 is 18.3. The van der Waals surface area contributed by atoms with Crippen LogP contribution in [0.5, 0.6) is 0 Å². The van der Waals surface area contributed by atoms with E-state index < -0.39 is 0 Å². The molecule has 0 saturated heterocycles. The Morgan fingerprint density at radius 1 is 1.11 bits per heavy atom. The first-order valence-corrected chi connectivity index (χ1v) is 12.0. The Labute approximate surface area is 205 Å². The van der Waals surface area contributed by atoms with Gasteiger partial charge < -0.3 is 23.8 Å². The summed E-state index contributed by atoms with van der Waals surface area (Å²) in [6.45, 7) is 4.81. The van der Waals surface area contributed by atoms with Gasteiger partial charge in [-0.25, -0.2) is 4.98 Å². The van der Waals surface area contributed by atoms with Crippen LogP contribution in [0.1, 0.15) is 23.7 Å². The molecule has 3 aromatic heterocycles. The average Bonchev–Trinajstić information content (AvgIpc) is 3.63. The Balaban J connectivity index is 1.21. The van der Waals surface area contributed by atoms with Crippen LogP contribution in [0.15, 0.2) is 47.3 Å². The number of furan rings is 1. The Kier molecular flexibility index (Phi) is 8.54. The second-order valence-electron chi connectivity index (χ2n) is 7.41. The van der Waals surface area contributed by atoms with Crippen LogP contribution in [0, 0.1) is 0 Å². The van der Waals surface area contributed by atoms with Gasteiger partial charge in [0.25, 0.3) is 5.91 Å². The summed E-state index contributed by atoms with van der Waals surface area (Å²) in [4.78, 5) is 28.2. The maximum atomic E-state index is 12.7. The van der Waals surface area contributed by atoms with Gasteiger partial charge in [0.1, 0.15) is 0 Å². The molecular formula is C23H26N6O5S. The lowest BCUT2D eigenvalue weighted by atomic mass is 10.2. The third-order valence-corrected chi connectivity index (χ3v) is 5.85. The van der Waals surface area contributed by atoms with Crippen molar-refractivity contribution >= 4 is 39.3 Å². The number of imidazole rings is 1. The first-order valence-electron chi connectivity index (χ1n) is 11.2. The first-order chi connectivity index (χ1) is 17.1. The number of hydrogen-bond donors (Lipinski definition) is 2. The number of nitrogens with one attached hydrogen (secondary N) is 2. The quantitative estimate of drug-likeness (QED) is 0.269. The zero-order valence-corrected chi connectivity index (χ0v) is 20.0. The average molecular weight is 499 g/mol. The number of benzene rings is 1. The molecule has 0 aliphatic rings. The largest absolute Gasteiger partial charge is 0.462 e. The molecular weight excluding hydrogens is 472 g/mol. The molecule has 0 aliphatic carbocycles. The second kappa shape index (κ2) is 12.2. The maximum Gasteiger partial charge on any atom is 0.257 e. The molecule has 35 heavy (non-hydrogen) atoms. The summed E-state index contributed by atoms with van der Waals surface area (Å²) >= 11 is 1.23. The third kappa shape index (κ3) is 6.72. The number of carbonyl (C=O) groups excluding carboxylic acids is 2. The van der Waals surface area contributed by atoms with Crippen LogP contribution in [0.2, 0.25) is 0 Å². The lowest BCUT2D eigenvalue weighted by Gasteiger charge is -2.08. The van der Waals surface area contributed by atoms with E-state index in [4.69, 9.17) is 13.9 Å². The molecule has 11 nitrogen and oxygen atoms in total. The normalized spacial score (nSPS) is 11.1. The Morgan fingerprint density at radius 2 is 1.97 bits per heavy atom. The van der Waals surface area contributed by atoms with Gasteiger partial charge in [0.15, 0.2) is 10.8 Å². The van der Waals surface area contributed by atoms with Gasteiger partial charge in [0.05, 0.1) is 50.1 Å². The van der Waals surface area contributed by atoms with E-state index in [1.165, 1.54) is 11.3 Å². The Bertz CT molecular complexity index is 1250. The lowest BCUT2D eigenvalue weighted by Crippen LogP contribution is -2.26. The van der Waals surface area contributed by atoms with E-state index in [1.807, 2.05) is 17.6 Å². The lowest BCUT2D eigenvalue weighted by molar-refractivity contribution is -0.121. The molecule has 12 heteroatoms.